The van der Waals surface area contributed by atoms with Crippen LogP contribution < -0.4 is 5.32 Å². The summed E-state index contributed by atoms with van der Waals surface area (Å²) in [5.41, 5.74) is 0. The van der Waals surface area contributed by atoms with Crippen molar-refractivity contribution >= 4 is 38.4 Å². The minimum absolute atomic E-state index is 0. The van der Waals surface area contributed by atoms with Crippen LogP contribution in [0.3, 0.4) is 0 Å². The molecule has 1 aliphatic heterocycles. The first kappa shape index (κ1) is 16.8. The number of piperazine rings is 1. The molecule has 0 saturated carbocycles. The van der Waals surface area contributed by atoms with E-state index in [4.69, 9.17) is 0 Å². The Labute approximate surface area is 127 Å². The highest BCUT2D eigenvalue weighted by Crippen LogP contribution is 2.27. The predicted molar refractivity (Wildman–Crippen MR) is 77.6 cm³/mol. The lowest BCUT2D eigenvalue weighted by atomic mass is 10.3. The van der Waals surface area contributed by atoms with Crippen molar-refractivity contribution < 1.29 is 12.8 Å². The maximum atomic E-state index is 13.2. The van der Waals surface area contributed by atoms with Crippen molar-refractivity contribution in [2.45, 2.75) is 17.9 Å². The number of nitrogens with zero attached hydrogens (tertiary/aromatic N) is 1. The van der Waals surface area contributed by atoms with Gasteiger partial charge in [-0.3, -0.25) is 0 Å². The summed E-state index contributed by atoms with van der Waals surface area (Å²) in [6, 6.07) is 3.55. The SMILES string of the molecule is C[C@@H]1CNCCN1S(=O)(=O)c1cc(F)ccc1Br.Cl. The maximum absolute atomic E-state index is 13.2. The van der Waals surface area contributed by atoms with Gasteiger partial charge in [0, 0.05) is 30.1 Å². The molecule has 0 aliphatic carbocycles. The molecule has 1 aromatic rings. The number of hydrogen-bond donors (Lipinski definition) is 1. The van der Waals surface area contributed by atoms with Crippen LogP contribution in [-0.4, -0.2) is 38.4 Å². The lowest BCUT2D eigenvalue weighted by Crippen LogP contribution is -2.52. The van der Waals surface area contributed by atoms with E-state index in [1.54, 1.807) is 0 Å². The minimum Gasteiger partial charge on any atom is -0.314 e. The number of benzene rings is 1. The van der Waals surface area contributed by atoms with Gasteiger partial charge in [-0.1, -0.05) is 0 Å². The van der Waals surface area contributed by atoms with E-state index in [0.29, 0.717) is 24.1 Å². The molecule has 2 rings (SSSR count). The van der Waals surface area contributed by atoms with Gasteiger partial charge in [-0.25, -0.2) is 12.8 Å². The molecule has 1 fully saturated rings. The molecule has 0 radical (unpaired) electrons. The van der Waals surface area contributed by atoms with E-state index in [1.165, 1.54) is 16.4 Å². The second kappa shape index (κ2) is 6.49. The molecule has 1 aromatic carbocycles. The summed E-state index contributed by atoms with van der Waals surface area (Å²) in [4.78, 5) is -0.0174. The largest absolute Gasteiger partial charge is 0.314 e. The Morgan fingerprint density at radius 2 is 2.16 bits per heavy atom. The lowest BCUT2D eigenvalue weighted by Gasteiger charge is -2.33. The average molecular weight is 374 g/mol. The predicted octanol–water partition coefficient (Wildman–Crippen LogP) is 1.99. The first-order valence-electron chi connectivity index (χ1n) is 5.60. The Balaban J connectivity index is 0.00000180. The zero-order valence-electron chi connectivity index (χ0n) is 10.3. The van der Waals surface area contributed by atoms with Gasteiger partial charge < -0.3 is 5.32 Å². The Morgan fingerprint density at radius 1 is 1.47 bits per heavy atom. The van der Waals surface area contributed by atoms with Gasteiger partial charge in [0.2, 0.25) is 10.0 Å². The maximum Gasteiger partial charge on any atom is 0.244 e. The van der Waals surface area contributed by atoms with Gasteiger partial charge in [0.05, 0.1) is 4.90 Å². The smallest absolute Gasteiger partial charge is 0.244 e. The summed E-state index contributed by atoms with van der Waals surface area (Å²) in [5, 5.41) is 3.12. The fourth-order valence-electron chi connectivity index (χ4n) is 1.98. The van der Waals surface area contributed by atoms with Crippen LogP contribution in [0.25, 0.3) is 0 Å². The van der Waals surface area contributed by atoms with Crippen LogP contribution in [0.2, 0.25) is 0 Å². The number of nitrogens with one attached hydrogen (secondary N) is 1. The first-order chi connectivity index (χ1) is 8.43. The third-order valence-electron chi connectivity index (χ3n) is 2.92. The van der Waals surface area contributed by atoms with Crippen molar-refractivity contribution in [3.05, 3.63) is 28.5 Å². The van der Waals surface area contributed by atoms with Crippen LogP contribution in [0.4, 0.5) is 4.39 Å². The van der Waals surface area contributed by atoms with Gasteiger partial charge in [0.1, 0.15) is 5.82 Å². The fraction of sp³-hybridized carbons (Fsp3) is 0.455. The topological polar surface area (TPSA) is 49.4 Å². The molecule has 0 amide bonds. The summed E-state index contributed by atoms with van der Waals surface area (Å²) >= 11 is 3.16. The van der Waals surface area contributed by atoms with Crippen molar-refractivity contribution in [2.24, 2.45) is 0 Å². The Hall–Kier alpha value is -0.210. The summed E-state index contributed by atoms with van der Waals surface area (Å²) in [6.45, 7) is 3.44. The van der Waals surface area contributed by atoms with Gasteiger partial charge in [-0.2, -0.15) is 4.31 Å². The van der Waals surface area contributed by atoms with Crippen LogP contribution in [0.1, 0.15) is 6.92 Å². The quantitative estimate of drug-likeness (QED) is 0.862. The van der Waals surface area contributed by atoms with Crippen LogP contribution in [0, 0.1) is 5.82 Å². The van der Waals surface area contributed by atoms with E-state index >= 15 is 0 Å². The van der Waals surface area contributed by atoms with Gasteiger partial charge in [-0.05, 0) is 41.1 Å². The second-order valence-corrected chi connectivity index (χ2v) is 6.96. The van der Waals surface area contributed by atoms with Crippen molar-refractivity contribution in [3.8, 4) is 0 Å². The molecule has 1 aliphatic rings. The molecule has 4 nitrogen and oxygen atoms in total. The Kier molecular flexibility index (Phi) is 5.76. The molecule has 108 valence electrons. The van der Waals surface area contributed by atoms with E-state index < -0.39 is 15.8 Å². The van der Waals surface area contributed by atoms with Gasteiger partial charge in [-0.15, -0.1) is 12.4 Å². The number of halogens is 3. The van der Waals surface area contributed by atoms with Crippen molar-refractivity contribution in [1.82, 2.24) is 9.62 Å². The van der Waals surface area contributed by atoms with Crippen LogP contribution in [0.5, 0.6) is 0 Å². The minimum atomic E-state index is -3.66. The van der Waals surface area contributed by atoms with Crippen molar-refractivity contribution in [1.29, 1.82) is 0 Å². The van der Waals surface area contributed by atoms with Crippen LogP contribution in [0.15, 0.2) is 27.6 Å². The van der Waals surface area contributed by atoms with E-state index in [9.17, 15) is 12.8 Å². The van der Waals surface area contributed by atoms with Gasteiger partial charge >= 0.3 is 0 Å². The summed E-state index contributed by atoms with van der Waals surface area (Å²) in [7, 11) is -3.66. The summed E-state index contributed by atoms with van der Waals surface area (Å²) in [5.74, 6) is -0.556. The van der Waals surface area contributed by atoms with Gasteiger partial charge in [0.25, 0.3) is 0 Å². The molecule has 0 bridgehead atoms. The molecule has 1 atom stereocenters. The standard InChI is InChI=1S/C11H14BrFN2O2S.ClH/c1-8-7-14-4-5-15(8)18(16,17)11-6-9(13)2-3-10(11)12;/h2-3,6,8,14H,4-5,7H2,1H3;1H/t8-;/m1./s1. The average Bonchev–Trinajstić information content (AvgIpc) is 2.32. The Morgan fingerprint density at radius 3 is 2.79 bits per heavy atom. The highest BCUT2D eigenvalue weighted by Gasteiger charge is 2.32. The molecule has 19 heavy (non-hydrogen) atoms. The summed E-state index contributed by atoms with van der Waals surface area (Å²) in [6.07, 6.45) is 0. The Bertz CT molecular complexity index is 556. The second-order valence-electron chi connectivity index (χ2n) is 4.24. The van der Waals surface area contributed by atoms with Crippen molar-refractivity contribution in [2.75, 3.05) is 19.6 Å². The molecule has 1 N–H and O–H groups in total. The molecule has 1 saturated heterocycles. The van der Waals surface area contributed by atoms with E-state index in [-0.39, 0.29) is 23.3 Å². The molecule has 0 spiro atoms. The molecular formula is C11H15BrClFN2O2S. The molecule has 0 unspecified atom stereocenters. The first-order valence-corrected chi connectivity index (χ1v) is 7.84. The van der Waals surface area contributed by atoms with Crippen molar-refractivity contribution in [3.63, 3.8) is 0 Å². The third-order valence-corrected chi connectivity index (χ3v) is 5.93. The van der Waals surface area contributed by atoms with E-state index in [1.807, 2.05) is 6.92 Å². The molecule has 8 heteroatoms. The van der Waals surface area contributed by atoms with E-state index in [2.05, 4.69) is 21.2 Å². The molecular weight excluding hydrogens is 359 g/mol. The van der Waals surface area contributed by atoms with Crippen LogP contribution in [-0.2, 0) is 10.0 Å². The zero-order chi connectivity index (χ0) is 13.3. The number of hydrogen-bond acceptors (Lipinski definition) is 3. The summed E-state index contributed by atoms with van der Waals surface area (Å²) < 4.78 is 40.0. The van der Waals surface area contributed by atoms with Gasteiger partial charge in [0.15, 0.2) is 0 Å². The highest BCUT2D eigenvalue weighted by molar-refractivity contribution is 9.10. The monoisotopic (exact) mass is 372 g/mol. The molecule has 0 aromatic heterocycles. The number of sulfonamides is 1. The third kappa shape index (κ3) is 3.46. The van der Waals surface area contributed by atoms with Crippen LogP contribution >= 0.6 is 28.3 Å². The van der Waals surface area contributed by atoms with E-state index in [0.717, 1.165) is 6.07 Å². The lowest BCUT2D eigenvalue weighted by molar-refractivity contribution is 0.283. The normalized spacial score (nSPS) is 20.9. The number of rotatable bonds is 2. The molecule has 1 heterocycles. The fourth-order valence-corrected chi connectivity index (χ4v) is 4.55. The highest BCUT2D eigenvalue weighted by atomic mass is 79.9. The zero-order valence-corrected chi connectivity index (χ0v) is 13.5.